The van der Waals surface area contributed by atoms with E-state index in [2.05, 4.69) is 19.8 Å². The molecule has 0 N–H and O–H groups in total. The van der Waals surface area contributed by atoms with Crippen molar-refractivity contribution in [2.24, 2.45) is 0 Å². The number of carbonyl (C=O) groups is 2. The average molecular weight is 495 g/mol. The summed E-state index contributed by atoms with van der Waals surface area (Å²) in [5.41, 5.74) is 2.63. The first-order valence-electron chi connectivity index (χ1n) is 12.8. The molecule has 0 bridgehead atoms. The summed E-state index contributed by atoms with van der Waals surface area (Å²) in [4.78, 5) is 38.9. The van der Waals surface area contributed by atoms with Crippen LogP contribution in [-0.2, 0) is 22.6 Å². The molecule has 6 rings (SSSR count). The van der Waals surface area contributed by atoms with Crippen molar-refractivity contribution in [3.05, 3.63) is 59.2 Å². The molecule has 0 unspecified atom stereocenters. The van der Waals surface area contributed by atoms with Gasteiger partial charge in [-0.25, -0.2) is 29.4 Å². The number of ether oxygens (including phenoxy) is 2. The minimum Gasteiger partial charge on any atom is -0.464 e. The van der Waals surface area contributed by atoms with Crippen LogP contribution in [0, 0.1) is 0 Å². The Balaban J connectivity index is 1.31. The molecule has 36 heavy (non-hydrogen) atoms. The van der Waals surface area contributed by atoms with E-state index in [0.29, 0.717) is 23.7 Å². The summed E-state index contributed by atoms with van der Waals surface area (Å²) in [6.07, 6.45) is 0.754. The predicted molar refractivity (Wildman–Crippen MR) is 129 cm³/mol. The van der Waals surface area contributed by atoms with Gasteiger partial charge in [-0.15, -0.1) is 0 Å². The van der Waals surface area contributed by atoms with Crippen LogP contribution in [0.15, 0.2) is 36.4 Å². The van der Waals surface area contributed by atoms with Crippen LogP contribution in [0.5, 0.6) is 0 Å². The molecular weight excluding hydrogens is 460 g/mol. The second-order valence-corrected chi connectivity index (χ2v) is 10.6. The van der Waals surface area contributed by atoms with Crippen LogP contribution in [0.25, 0.3) is 0 Å². The second kappa shape index (κ2) is 8.88. The number of aromatic nitrogens is 2. The molecule has 0 radical (unpaired) electrons. The molecule has 6 heterocycles. The SMILES string of the molecule is COC(=O)c1cccc(C[N@+]23CCN4CC[N@+]5(Cc6cccc(C(=O)OC)n6)CCN(CC2)[C@@H]5[C@@H]43)n1. The van der Waals surface area contributed by atoms with Crippen LogP contribution in [0.4, 0.5) is 0 Å². The van der Waals surface area contributed by atoms with Crippen LogP contribution in [0.1, 0.15) is 32.4 Å². The van der Waals surface area contributed by atoms with Gasteiger partial charge in [0.25, 0.3) is 0 Å². The average Bonchev–Trinajstić information content (AvgIpc) is 3.46. The lowest BCUT2D eigenvalue weighted by Gasteiger charge is -2.56. The van der Waals surface area contributed by atoms with Gasteiger partial charge in [-0.3, -0.25) is 8.97 Å². The van der Waals surface area contributed by atoms with E-state index in [4.69, 9.17) is 9.47 Å². The largest absolute Gasteiger partial charge is 0.464 e. The van der Waals surface area contributed by atoms with Gasteiger partial charge < -0.3 is 9.47 Å². The van der Waals surface area contributed by atoms with E-state index in [1.165, 1.54) is 14.2 Å². The van der Waals surface area contributed by atoms with Crippen molar-refractivity contribution in [3.8, 4) is 0 Å². The minimum absolute atomic E-state index is 0.370. The van der Waals surface area contributed by atoms with Gasteiger partial charge in [0.2, 0.25) is 12.3 Å². The third kappa shape index (κ3) is 3.71. The molecule has 0 amide bonds. The third-order valence-electron chi connectivity index (χ3n) is 8.82. The first-order valence-corrected chi connectivity index (χ1v) is 12.8. The van der Waals surface area contributed by atoms with Gasteiger partial charge in [0.05, 0.1) is 78.0 Å². The fourth-order valence-corrected chi connectivity index (χ4v) is 7.17. The van der Waals surface area contributed by atoms with E-state index >= 15 is 0 Å². The minimum atomic E-state index is -0.393. The highest BCUT2D eigenvalue weighted by Gasteiger charge is 2.67. The number of rotatable bonds is 6. The van der Waals surface area contributed by atoms with Crippen LogP contribution in [-0.4, -0.2) is 120 Å². The van der Waals surface area contributed by atoms with Gasteiger partial charge in [-0.2, -0.15) is 0 Å². The molecule has 0 spiro atoms. The standard InChI is InChI=1S/C26H34N6O4/c1-35-25(33)21-7-3-5-19(27-21)17-31-13-9-29-12-16-32(14-10-30(11-15-31)24(32)23(29)31)18-20-6-4-8-22(28-20)26(34)36-2/h3-8,23-24H,9-18H2,1-2H3/q+2/t23-,24-,31-,32-/m0/s1. The number of hydrogen-bond acceptors (Lipinski definition) is 8. The molecule has 2 atom stereocenters. The first-order chi connectivity index (χ1) is 17.5. The van der Waals surface area contributed by atoms with Gasteiger partial charge in [0.1, 0.15) is 24.5 Å². The van der Waals surface area contributed by atoms with Crippen LogP contribution < -0.4 is 0 Å². The van der Waals surface area contributed by atoms with E-state index in [9.17, 15) is 9.59 Å². The number of methoxy groups -OCH3 is 2. The summed E-state index contributed by atoms with van der Waals surface area (Å²) < 4.78 is 11.8. The smallest absolute Gasteiger partial charge is 0.356 e. The van der Waals surface area contributed by atoms with Crippen molar-refractivity contribution in [2.45, 2.75) is 25.4 Å². The van der Waals surface area contributed by atoms with E-state index in [1.54, 1.807) is 12.1 Å². The van der Waals surface area contributed by atoms with E-state index in [0.717, 1.165) is 85.8 Å². The maximum Gasteiger partial charge on any atom is 0.356 e. The molecule has 0 aliphatic carbocycles. The van der Waals surface area contributed by atoms with E-state index in [1.807, 2.05) is 24.3 Å². The fraction of sp³-hybridized carbons (Fsp3) is 0.538. The quantitative estimate of drug-likeness (QED) is 0.429. The highest BCUT2D eigenvalue weighted by Crippen LogP contribution is 2.44. The van der Waals surface area contributed by atoms with Gasteiger partial charge in [0, 0.05) is 0 Å². The predicted octanol–water partition coefficient (Wildman–Crippen LogP) is 0.694. The molecule has 4 fully saturated rings. The zero-order valence-electron chi connectivity index (χ0n) is 21.0. The Morgan fingerprint density at radius 3 is 1.50 bits per heavy atom. The third-order valence-corrected chi connectivity index (χ3v) is 8.82. The van der Waals surface area contributed by atoms with Gasteiger partial charge >= 0.3 is 11.9 Å². The zero-order chi connectivity index (χ0) is 24.9. The number of pyridine rings is 2. The van der Waals surface area contributed by atoms with Crippen LogP contribution in [0.2, 0.25) is 0 Å². The van der Waals surface area contributed by atoms with Crippen molar-refractivity contribution >= 4 is 11.9 Å². The Morgan fingerprint density at radius 2 is 1.14 bits per heavy atom. The summed E-state index contributed by atoms with van der Waals surface area (Å²) in [6, 6.07) is 11.3. The number of hydrogen-bond donors (Lipinski definition) is 0. The second-order valence-electron chi connectivity index (χ2n) is 10.6. The summed E-state index contributed by atoms with van der Waals surface area (Å²) >= 11 is 0. The van der Waals surface area contributed by atoms with Crippen molar-refractivity contribution in [1.82, 2.24) is 19.8 Å². The highest BCUT2D eigenvalue weighted by atomic mass is 16.5. The van der Waals surface area contributed by atoms with E-state index in [-0.39, 0.29) is 0 Å². The number of quaternary nitrogens is 2. The molecule has 190 valence electrons. The first kappa shape index (κ1) is 23.5. The lowest BCUT2D eigenvalue weighted by Crippen LogP contribution is -2.77. The summed E-state index contributed by atoms with van der Waals surface area (Å²) in [5.74, 6) is -0.786. The Hall–Kier alpha value is -2.92. The molecule has 0 aromatic carbocycles. The fourth-order valence-electron chi connectivity index (χ4n) is 7.17. The van der Waals surface area contributed by atoms with Gasteiger partial charge in [-0.1, -0.05) is 12.1 Å². The van der Waals surface area contributed by atoms with Crippen molar-refractivity contribution < 1.29 is 28.0 Å². The van der Waals surface area contributed by atoms with Gasteiger partial charge in [0.15, 0.2) is 0 Å². The number of nitrogens with zero attached hydrogens (tertiary/aromatic N) is 6. The summed E-state index contributed by atoms with van der Waals surface area (Å²) in [7, 11) is 2.79. The molecule has 0 saturated carbocycles. The normalized spacial score (nSPS) is 31.2. The van der Waals surface area contributed by atoms with Crippen molar-refractivity contribution in [2.75, 3.05) is 66.6 Å². The molecule has 4 aliphatic heterocycles. The molecule has 4 saturated heterocycles. The lowest BCUT2D eigenvalue weighted by atomic mass is 10.0. The molecule has 2 aromatic rings. The van der Waals surface area contributed by atoms with E-state index < -0.39 is 11.9 Å². The Bertz CT molecular complexity index is 1100. The summed E-state index contributed by atoms with van der Waals surface area (Å²) in [6.45, 7) is 10.3. The summed E-state index contributed by atoms with van der Waals surface area (Å²) in [5, 5.41) is 0. The monoisotopic (exact) mass is 494 g/mol. The molecule has 10 heteroatoms. The van der Waals surface area contributed by atoms with Crippen molar-refractivity contribution in [1.29, 1.82) is 0 Å². The Labute approximate surface area is 211 Å². The Morgan fingerprint density at radius 1 is 0.750 bits per heavy atom. The van der Waals surface area contributed by atoms with Crippen LogP contribution in [0.3, 0.4) is 0 Å². The maximum absolute atomic E-state index is 12.1. The Kier molecular flexibility index (Phi) is 5.79. The maximum atomic E-state index is 12.1. The molecule has 2 aromatic heterocycles. The zero-order valence-corrected chi connectivity index (χ0v) is 21.0. The molecule has 4 aliphatic rings. The van der Waals surface area contributed by atoms with Gasteiger partial charge in [-0.05, 0) is 24.3 Å². The number of piperazine rings is 2. The number of esters is 2. The topological polar surface area (TPSA) is 84.9 Å². The lowest BCUT2D eigenvalue weighted by molar-refractivity contribution is -1.04. The van der Waals surface area contributed by atoms with Crippen molar-refractivity contribution in [3.63, 3.8) is 0 Å². The van der Waals surface area contributed by atoms with Crippen LogP contribution >= 0.6 is 0 Å². The number of carbonyl (C=O) groups excluding carboxylic acids is 2. The highest BCUT2D eigenvalue weighted by molar-refractivity contribution is 5.87. The molecular formula is C26H34N6O4+2. The molecule has 10 nitrogen and oxygen atoms in total.